The number of aromatic carboxylic acids is 1. The number of aliphatic imine (C=N–C) groups is 1. The minimum absolute atomic E-state index is 0.233. The number of carboxylic acids is 1. The van der Waals surface area contributed by atoms with Crippen LogP contribution in [-0.4, -0.2) is 24.4 Å². The first-order chi connectivity index (χ1) is 14.5. The van der Waals surface area contributed by atoms with E-state index in [1.54, 1.807) is 25.3 Å². The maximum absolute atomic E-state index is 11.1. The third-order valence-corrected chi connectivity index (χ3v) is 4.67. The molecule has 0 radical (unpaired) electrons. The Hall–Kier alpha value is -3.60. The van der Waals surface area contributed by atoms with Crippen molar-refractivity contribution in [1.82, 2.24) is 0 Å². The van der Waals surface area contributed by atoms with Gasteiger partial charge in [-0.05, 0) is 59.0 Å². The normalized spacial score (nSPS) is 11.1. The molecule has 1 N–H and O–H groups in total. The van der Waals surface area contributed by atoms with Crippen LogP contribution in [0.3, 0.4) is 0 Å². The average Bonchev–Trinajstić information content (AvgIpc) is 2.76. The van der Waals surface area contributed by atoms with Crippen LogP contribution in [0.25, 0.3) is 0 Å². The smallest absolute Gasteiger partial charge is 0.335 e. The lowest BCUT2D eigenvalue weighted by Crippen LogP contribution is -2.01. The van der Waals surface area contributed by atoms with Gasteiger partial charge in [-0.25, -0.2) is 4.79 Å². The number of methoxy groups -OCH3 is 1. The summed E-state index contributed by atoms with van der Waals surface area (Å²) in [6, 6.07) is 20.4. The number of ether oxygens (including phenoxy) is 2. The molecular weight excluding hydrogens is 378 g/mol. The van der Waals surface area contributed by atoms with Gasteiger partial charge in [-0.15, -0.1) is 0 Å². The first-order valence-electron chi connectivity index (χ1n) is 9.74. The lowest BCUT2D eigenvalue weighted by atomic mass is 10.0. The molecule has 5 heteroatoms. The molecule has 30 heavy (non-hydrogen) atoms. The number of para-hydroxylation sites is 1. The highest BCUT2D eigenvalue weighted by atomic mass is 16.5. The van der Waals surface area contributed by atoms with Crippen molar-refractivity contribution in [2.24, 2.45) is 4.99 Å². The SMILES string of the molecule is COc1cc(C=Nc2ccccc2C(C)C)ccc1OCc1cccc(C(=O)O)c1. The standard InChI is InChI=1S/C25H25NO4/c1-17(2)21-9-4-5-10-22(21)26-15-18-11-12-23(24(14-18)29-3)30-16-19-7-6-8-20(13-19)25(27)28/h4-15,17H,16H2,1-3H3,(H,27,28). The van der Waals surface area contributed by atoms with Crippen LogP contribution < -0.4 is 9.47 Å². The van der Waals surface area contributed by atoms with E-state index >= 15 is 0 Å². The van der Waals surface area contributed by atoms with Gasteiger partial charge in [-0.2, -0.15) is 0 Å². The zero-order chi connectivity index (χ0) is 21.5. The van der Waals surface area contributed by atoms with Crippen LogP contribution in [0.1, 0.15) is 46.8 Å². The van der Waals surface area contributed by atoms with E-state index in [4.69, 9.17) is 14.6 Å². The lowest BCUT2D eigenvalue weighted by Gasteiger charge is -2.12. The highest BCUT2D eigenvalue weighted by Gasteiger charge is 2.08. The number of rotatable bonds is 8. The summed E-state index contributed by atoms with van der Waals surface area (Å²) in [5, 5.41) is 9.11. The molecule has 0 saturated carbocycles. The Labute approximate surface area is 176 Å². The van der Waals surface area contributed by atoms with Crippen molar-refractivity contribution in [3.05, 3.63) is 89.0 Å². The molecule has 5 nitrogen and oxygen atoms in total. The van der Waals surface area contributed by atoms with Crippen LogP contribution in [0.2, 0.25) is 0 Å². The quantitative estimate of drug-likeness (QED) is 0.479. The van der Waals surface area contributed by atoms with Crippen LogP contribution in [0, 0.1) is 0 Å². The van der Waals surface area contributed by atoms with Crippen molar-refractivity contribution in [2.45, 2.75) is 26.4 Å². The van der Waals surface area contributed by atoms with Crippen molar-refractivity contribution < 1.29 is 19.4 Å². The molecular formula is C25H25NO4. The van der Waals surface area contributed by atoms with Gasteiger partial charge in [0.25, 0.3) is 0 Å². The molecule has 0 aliphatic carbocycles. The molecule has 0 aromatic heterocycles. The Bertz CT molecular complexity index is 1060. The molecule has 0 amide bonds. The Morgan fingerprint density at radius 2 is 1.83 bits per heavy atom. The van der Waals surface area contributed by atoms with E-state index in [1.807, 2.05) is 48.7 Å². The molecule has 3 aromatic carbocycles. The number of carboxylic acid groups (broad SMARTS) is 1. The Balaban J connectivity index is 1.75. The Morgan fingerprint density at radius 1 is 1.03 bits per heavy atom. The van der Waals surface area contributed by atoms with Gasteiger partial charge in [0.15, 0.2) is 11.5 Å². The molecule has 0 unspecified atom stereocenters. The van der Waals surface area contributed by atoms with Gasteiger partial charge in [0.05, 0.1) is 18.4 Å². The predicted octanol–water partition coefficient (Wildman–Crippen LogP) is 5.85. The van der Waals surface area contributed by atoms with Crippen LogP contribution in [0.4, 0.5) is 5.69 Å². The number of benzene rings is 3. The van der Waals surface area contributed by atoms with Crippen LogP contribution in [0.15, 0.2) is 71.7 Å². The Morgan fingerprint density at radius 3 is 2.57 bits per heavy atom. The highest BCUT2D eigenvalue weighted by molar-refractivity contribution is 5.87. The molecule has 0 aliphatic rings. The summed E-state index contributed by atoms with van der Waals surface area (Å²) in [5.41, 5.74) is 4.05. The van der Waals surface area contributed by atoms with Crippen LogP contribution in [-0.2, 0) is 6.61 Å². The van der Waals surface area contributed by atoms with Crippen LogP contribution >= 0.6 is 0 Å². The Kier molecular flexibility index (Phi) is 6.86. The van der Waals surface area contributed by atoms with Gasteiger partial charge >= 0.3 is 5.97 Å². The minimum atomic E-state index is -0.961. The summed E-state index contributed by atoms with van der Waals surface area (Å²) in [5.74, 6) is 0.601. The van der Waals surface area contributed by atoms with Gasteiger partial charge in [-0.1, -0.05) is 44.2 Å². The number of carbonyl (C=O) groups is 1. The molecule has 0 atom stereocenters. The van der Waals surface area contributed by atoms with E-state index in [2.05, 4.69) is 24.9 Å². The first kappa shape index (κ1) is 21.1. The fourth-order valence-corrected chi connectivity index (χ4v) is 3.08. The summed E-state index contributed by atoms with van der Waals surface area (Å²) in [4.78, 5) is 15.8. The second kappa shape index (κ2) is 9.74. The van der Waals surface area contributed by atoms with Crippen molar-refractivity contribution in [2.75, 3.05) is 7.11 Å². The molecule has 3 rings (SSSR count). The molecule has 3 aromatic rings. The third kappa shape index (κ3) is 5.26. The van der Waals surface area contributed by atoms with E-state index in [9.17, 15) is 4.79 Å². The van der Waals surface area contributed by atoms with E-state index in [-0.39, 0.29) is 12.2 Å². The molecule has 154 valence electrons. The number of hydrogen-bond donors (Lipinski definition) is 1. The van der Waals surface area contributed by atoms with Crippen molar-refractivity contribution in [3.8, 4) is 11.5 Å². The predicted molar refractivity (Wildman–Crippen MR) is 119 cm³/mol. The average molecular weight is 403 g/mol. The van der Waals surface area contributed by atoms with Gasteiger partial charge in [-0.3, -0.25) is 4.99 Å². The molecule has 0 heterocycles. The number of hydrogen-bond acceptors (Lipinski definition) is 4. The second-order valence-electron chi connectivity index (χ2n) is 7.18. The van der Waals surface area contributed by atoms with Gasteiger partial charge in [0, 0.05) is 6.21 Å². The summed E-state index contributed by atoms with van der Waals surface area (Å²) in [7, 11) is 1.59. The second-order valence-corrected chi connectivity index (χ2v) is 7.18. The van der Waals surface area contributed by atoms with E-state index in [1.165, 1.54) is 5.56 Å². The lowest BCUT2D eigenvalue weighted by molar-refractivity contribution is 0.0696. The number of nitrogens with zero attached hydrogens (tertiary/aromatic N) is 1. The maximum atomic E-state index is 11.1. The summed E-state index contributed by atoms with van der Waals surface area (Å²) < 4.78 is 11.3. The van der Waals surface area contributed by atoms with Crippen molar-refractivity contribution >= 4 is 17.9 Å². The molecule has 0 aliphatic heterocycles. The summed E-state index contributed by atoms with van der Waals surface area (Å²) >= 11 is 0. The summed E-state index contributed by atoms with van der Waals surface area (Å²) in [6.07, 6.45) is 1.81. The topological polar surface area (TPSA) is 68.1 Å². The van der Waals surface area contributed by atoms with Crippen molar-refractivity contribution in [3.63, 3.8) is 0 Å². The minimum Gasteiger partial charge on any atom is -0.493 e. The first-order valence-corrected chi connectivity index (χ1v) is 9.74. The molecule has 0 saturated heterocycles. The molecule has 0 spiro atoms. The van der Waals surface area contributed by atoms with Crippen LogP contribution in [0.5, 0.6) is 11.5 Å². The van der Waals surface area contributed by atoms with E-state index < -0.39 is 5.97 Å². The zero-order valence-corrected chi connectivity index (χ0v) is 17.3. The molecule has 0 fully saturated rings. The van der Waals surface area contributed by atoms with Gasteiger partial charge < -0.3 is 14.6 Å². The van der Waals surface area contributed by atoms with Crippen molar-refractivity contribution in [1.29, 1.82) is 0 Å². The fraction of sp³-hybridized carbons (Fsp3) is 0.200. The largest absolute Gasteiger partial charge is 0.493 e. The van der Waals surface area contributed by atoms with E-state index in [0.717, 1.165) is 16.8 Å². The van der Waals surface area contributed by atoms with Gasteiger partial charge in [0.2, 0.25) is 0 Å². The zero-order valence-electron chi connectivity index (χ0n) is 17.3. The monoisotopic (exact) mass is 403 g/mol. The molecule has 0 bridgehead atoms. The third-order valence-electron chi connectivity index (χ3n) is 4.67. The summed E-state index contributed by atoms with van der Waals surface area (Å²) in [6.45, 7) is 4.54. The van der Waals surface area contributed by atoms with E-state index in [0.29, 0.717) is 17.4 Å². The van der Waals surface area contributed by atoms with Gasteiger partial charge in [0.1, 0.15) is 6.61 Å². The maximum Gasteiger partial charge on any atom is 0.335 e. The highest BCUT2D eigenvalue weighted by Crippen LogP contribution is 2.30. The fourth-order valence-electron chi connectivity index (χ4n) is 3.08.